The lowest BCUT2D eigenvalue weighted by molar-refractivity contribution is 0.0842. The maximum Gasteiger partial charge on any atom is 0.119 e. The Labute approximate surface area is 171 Å². The Morgan fingerprint density at radius 2 is 1.41 bits per heavy atom. The first-order chi connectivity index (χ1) is 13.9. The minimum atomic E-state index is -1.10. The van der Waals surface area contributed by atoms with Crippen molar-refractivity contribution in [3.8, 4) is 11.5 Å². The molecule has 0 aliphatic carbocycles. The summed E-state index contributed by atoms with van der Waals surface area (Å²) >= 11 is 0. The van der Waals surface area contributed by atoms with Crippen molar-refractivity contribution in [1.82, 2.24) is 4.90 Å². The average molecular weight is 403 g/mol. The van der Waals surface area contributed by atoms with Crippen molar-refractivity contribution in [3.63, 3.8) is 0 Å². The van der Waals surface area contributed by atoms with Gasteiger partial charge < -0.3 is 19.7 Å². The van der Waals surface area contributed by atoms with Gasteiger partial charge in [-0.3, -0.25) is 4.90 Å². The highest BCUT2D eigenvalue weighted by Gasteiger charge is 2.27. The summed E-state index contributed by atoms with van der Waals surface area (Å²) in [6, 6.07) is 15.7. The van der Waals surface area contributed by atoms with Gasteiger partial charge in [-0.2, -0.15) is 0 Å². The lowest BCUT2D eigenvalue weighted by Crippen LogP contribution is -2.30. The third-order valence-electron chi connectivity index (χ3n) is 5.42. The van der Waals surface area contributed by atoms with Crippen molar-refractivity contribution in [3.05, 3.63) is 59.7 Å². The van der Waals surface area contributed by atoms with Crippen molar-refractivity contribution in [2.75, 3.05) is 39.6 Å². The van der Waals surface area contributed by atoms with Crippen LogP contribution < -0.4 is 9.47 Å². The van der Waals surface area contributed by atoms with E-state index in [2.05, 4.69) is 30.9 Å². The molecular weight excluding hydrogens is 373 g/mol. The van der Waals surface area contributed by atoms with Gasteiger partial charge in [-0.1, -0.05) is 38.1 Å². The van der Waals surface area contributed by atoms with Crippen molar-refractivity contribution >= 4 is 0 Å². The number of hydrogen-bond acceptors (Lipinski definition) is 5. The summed E-state index contributed by atoms with van der Waals surface area (Å²) in [6.07, 6.45) is -1.10. The van der Waals surface area contributed by atoms with Crippen LogP contribution in [0.1, 0.15) is 25.0 Å². The molecule has 6 heteroatoms. The molecule has 3 rings (SSSR count). The smallest absolute Gasteiger partial charge is 0.119 e. The van der Waals surface area contributed by atoms with E-state index in [1.165, 1.54) is 0 Å². The fourth-order valence-electron chi connectivity index (χ4n) is 3.23. The average Bonchev–Trinajstić information content (AvgIpc) is 3.58. The van der Waals surface area contributed by atoms with Crippen LogP contribution in [0.15, 0.2) is 48.5 Å². The third-order valence-corrected chi connectivity index (χ3v) is 5.42. The zero-order valence-electron chi connectivity index (χ0n) is 17.1. The molecule has 0 spiro atoms. The first kappa shape index (κ1) is 21.6. The van der Waals surface area contributed by atoms with Crippen LogP contribution in [0.3, 0.4) is 0 Å². The lowest BCUT2D eigenvalue weighted by Gasteiger charge is -2.26. The summed E-state index contributed by atoms with van der Waals surface area (Å²) in [5.41, 5.74) is 2.05. The number of hydrogen-bond donors (Lipinski definition) is 2. The number of ether oxygens (including phenoxy) is 2. The molecule has 158 valence electrons. The summed E-state index contributed by atoms with van der Waals surface area (Å²) in [5.74, 6) is 1.39. The number of aliphatic hydroxyl groups excluding tert-OH is 2. The van der Waals surface area contributed by atoms with Gasteiger partial charge in [0.15, 0.2) is 0 Å². The van der Waals surface area contributed by atoms with Crippen LogP contribution in [-0.4, -0.2) is 66.8 Å². The zero-order chi connectivity index (χ0) is 20.9. The highest BCUT2D eigenvalue weighted by molar-refractivity contribution is 5.41. The van der Waals surface area contributed by atoms with E-state index in [-0.39, 0.29) is 24.7 Å². The minimum absolute atomic E-state index is 0.0599. The fourth-order valence-corrected chi connectivity index (χ4v) is 3.23. The first-order valence-corrected chi connectivity index (χ1v) is 9.99. The molecule has 0 saturated carbocycles. The van der Waals surface area contributed by atoms with E-state index in [4.69, 9.17) is 9.47 Å². The van der Waals surface area contributed by atoms with Crippen molar-refractivity contribution in [2.24, 2.45) is 0 Å². The molecule has 1 heterocycles. The van der Waals surface area contributed by atoms with E-state index >= 15 is 0 Å². The van der Waals surface area contributed by atoms with Gasteiger partial charge in [0.05, 0.1) is 12.6 Å². The first-order valence-electron chi connectivity index (χ1n) is 9.99. The summed E-state index contributed by atoms with van der Waals surface area (Å²) in [6.45, 7) is 6.07. The molecule has 2 unspecified atom stereocenters. The Bertz CT molecular complexity index is 759. The second kappa shape index (κ2) is 9.57. The molecule has 2 N–H and O–H groups in total. The summed E-state index contributed by atoms with van der Waals surface area (Å²) < 4.78 is 23.6. The van der Waals surface area contributed by atoms with Gasteiger partial charge in [0.25, 0.3) is 0 Å². The highest BCUT2D eigenvalue weighted by Crippen LogP contribution is 2.33. The molecule has 2 aromatic carbocycles. The van der Waals surface area contributed by atoms with Crippen LogP contribution >= 0.6 is 0 Å². The number of nitrogens with zero attached hydrogens (tertiary/aromatic N) is 1. The molecule has 1 fully saturated rings. The van der Waals surface area contributed by atoms with Gasteiger partial charge in [-0.25, -0.2) is 4.39 Å². The van der Waals surface area contributed by atoms with E-state index in [0.717, 1.165) is 30.0 Å². The predicted octanol–water partition coefficient (Wildman–Crippen LogP) is 2.78. The van der Waals surface area contributed by atoms with Crippen molar-refractivity contribution in [2.45, 2.75) is 31.4 Å². The molecule has 0 amide bonds. The van der Waals surface area contributed by atoms with Gasteiger partial charge in [-0.15, -0.1) is 0 Å². The second-order valence-electron chi connectivity index (χ2n) is 7.98. The normalized spacial score (nSPS) is 16.3. The SMILES string of the molecule is CC(C)(c1ccc(OCC(O)CF)cc1)c1ccc(OCC(CO)N2CC2)cc1. The largest absolute Gasteiger partial charge is 0.492 e. The van der Waals surface area contributed by atoms with Crippen LogP contribution in [0.5, 0.6) is 11.5 Å². The lowest BCUT2D eigenvalue weighted by atomic mass is 9.78. The summed E-state index contributed by atoms with van der Waals surface area (Å²) in [4.78, 5) is 2.18. The monoisotopic (exact) mass is 403 g/mol. The van der Waals surface area contributed by atoms with E-state index in [9.17, 15) is 14.6 Å². The van der Waals surface area contributed by atoms with E-state index in [1.807, 2.05) is 36.4 Å². The number of halogens is 1. The van der Waals surface area contributed by atoms with Crippen LogP contribution in [0.2, 0.25) is 0 Å². The Kier molecular flexibility index (Phi) is 7.11. The topological polar surface area (TPSA) is 61.9 Å². The second-order valence-corrected chi connectivity index (χ2v) is 7.98. The Hall–Kier alpha value is -2.15. The molecule has 1 aliphatic rings. The molecule has 1 saturated heterocycles. The van der Waals surface area contributed by atoms with Gasteiger partial charge in [0.1, 0.15) is 37.5 Å². The molecular formula is C23H30FNO4. The maximum absolute atomic E-state index is 12.3. The molecule has 5 nitrogen and oxygen atoms in total. The standard InChI is InChI=1S/C23H30FNO4/c1-23(2,18-5-9-22(10-6-18)29-16-20(27)13-24)17-3-7-21(8-4-17)28-15-19(14-26)25-11-12-25/h3-10,19-20,26-27H,11-16H2,1-2H3. The molecule has 0 aromatic heterocycles. The predicted molar refractivity (Wildman–Crippen MR) is 110 cm³/mol. The molecule has 0 bridgehead atoms. The molecule has 0 radical (unpaired) electrons. The van der Waals surface area contributed by atoms with Crippen LogP contribution in [0.4, 0.5) is 4.39 Å². The van der Waals surface area contributed by atoms with Crippen molar-refractivity contribution in [1.29, 1.82) is 0 Å². The Morgan fingerprint density at radius 1 is 0.931 bits per heavy atom. The van der Waals surface area contributed by atoms with Gasteiger partial charge in [0.2, 0.25) is 0 Å². The molecule has 2 aromatic rings. The van der Waals surface area contributed by atoms with E-state index < -0.39 is 12.8 Å². The highest BCUT2D eigenvalue weighted by atomic mass is 19.1. The van der Waals surface area contributed by atoms with Gasteiger partial charge in [0, 0.05) is 18.5 Å². The number of aliphatic hydroxyl groups is 2. The van der Waals surface area contributed by atoms with Crippen LogP contribution in [0, 0.1) is 0 Å². The van der Waals surface area contributed by atoms with Crippen molar-refractivity contribution < 1.29 is 24.1 Å². The maximum atomic E-state index is 12.3. The summed E-state index contributed by atoms with van der Waals surface area (Å²) in [7, 11) is 0. The fraction of sp³-hybridized carbons (Fsp3) is 0.478. The molecule has 29 heavy (non-hydrogen) atoms. The molecule has 2 atom stereocenters. The number of benzene rings is 2. The Morgan fingerprint density at radius 3 is 1.83 bits per heavy atom. The van der Waals surface area contributed by atoms with E-state index in [0.29, 0.717) is 12.4 Å². The Balaban J connectivity index is 1.60. The van der Waals surface area contributed by atoms with E-state index in [1.54, 1.807) is 0 Å². The van der Waals surface area contributed by atoms with Gasteiger partial charge >= 0.3 is 0 Å². The van der Waals surface area contributed by atoms with Gasteiger partial charge in [-0.05, 0) is 35.4 Å². The zero-order valence-corrected chi connectivity index (χ0v) is 17.1. The number of alkyl halides is 1. The quantitative estimate of drug-likeness (QED) is 0.565. The summed E-state index contributed by atoms with van der Waals surface area (Å²) in [5, 5.41) is 18.7. The minimum Gasteiger partial charge on any atom is -0.492 e. The van der Waals surface area contributed by atoms with Crippen LogP contribution in [-0.2, 0) is 5.41 Å². The molecule has 1 aliphatic heterocycles. The van der Waals surface area contributed by atoms with Crippen LogP contribution in [0.25, 0.3) is 0 Å². The third kappa shape index (κ3) is 5.69. The number of rotatable bonds is 11.